The van der Waals surface area contributed by atoms with E-state index in [1.807, 2.05) is 123 Å². The molecule has 2 N–H and O–H groups in total. The van der Waals surface area contributed by atoms with Gasteiger partial charge in [0.05, 0.1) is 35.3 Å². The Labute approximate surface area is 405 Å². The first-order valence-electron chi connectivity index (χ1n) is 22.5. The molecule has 68 heavy (non-hydrogen) atoms. The van der Waals surface area contributed by atoms with Gasteiger partial charge in [-0.05, 0) is 63.1 Å². The van der Waals surface area contributed by atoms with Gasteiger partial charge in [0, 0.05) is 35.2 Å². The van der Waals surface area contributed by atoms with Gasteiger partial charge in [-0.3, -0.25) is 14.9 Å². The molecule has 0 aromatic heterocycles. The monoisotopic (exact) mass is 972 g/mol. The van der Waals surface area contributed by atoms with E-state index in [0.29, 0.717) is 17.0 Å². The first-order valence-corrected chi connectivity index (χ1v) is 26.9. The van der Waals surface area contributed by atoms with Crippen LogP contribution in [0.3, 0.4) is 0 Å². The van der Waals surface area contributed by atoms with Crippen LogP contribution in [0.15, 0.2) is 180 Å². The number of thioether (sulfide) groups is 1. The molecule has 6 aromatic rings. The Morgan fingerprint density at radius 2 is 1.25 bits per heavy atom. The third kappa shape index (κ3) is 12.3. The number of sulfonamides is 1. The number of nitro groups is 1. The third-order valence-corrected chi connectivity index (χ3v) is 20.1. The average Bonchev–Trinajstić information content (AvgIpc) is 3.34. The number of hydrogen-bond acceptors (Lipinski definition) is 9. The number of carbonyl (C=O) groups is 2. The van der Waals surface area contributed by atoms with E-state index in [1.165, 1.54) is 47.4 Å². The van der Waals surface area contributed by atoms with Crippen LogP contribution in [0.1, 0.15) is 58.1 Å². The fourth-order valence-corrected chi connectivity index (χ4v) is 15.8. The molecule has 0 spiro atoms. The minimum Gasteiger partial charge on any atom is -0.453 e. The number of methoxy groups -OCH3 is 1. The maximum atomic E-state index is 15.0. The van der Waals surface area contributed by atoms with E-state index >= 15 is 8.42 Å². The number of anilines is 1. The number of nitrogens with zero attached hydrogens (tertiary/aromatic N) is 2. The van der Waals surface area contributed by atoms with Crippen molar-refractivity contribution in [2.75, 3.05) is 31.3 Å². The van der Waals surface area contributed by atoms with Crippen molar-refractivity contribution in [3.8, 4) is 0 Å². The van der Waals surface area contributed by atoms with Gasteiger partial charge in [0.15, 0.2) is 0 Å². The van der Waals surface area contributed by atoms with Crippen molar-refractivity contribution < 1.29 is 32.1 Å². The van der Waals surface area contributed by atoms with Crippen LogP contribution in [0.4, 0.5) is 16.2 Å². The predicted molar refractivity (Wildman–Crippen MR) is 274 cm³/mol. The first kappa shape index (κ1) is 51.3. The SMILES string of the molecule is COC(=O)N[C@H](C(=O)Nc1ccccc1SC[C@@H](CO[Si](c1ccccc1)(c1ccccc1)C(C)(C)C)N(CCC(C)C)S(=O)(=O)c1ccc([N+](=O)[O-])cc1)C(c1ccccc1)c1ccccc1. The number of hydrogen-bond donors (Lipinski definition) is 2. The molecule has 6 rings (SSSR count). The largest absolute Gasteiger partial charge is 0.453 e. The normalized spacial score (nSPS) is 13.0. The summed E-state index contributed by atoms with van der Waals surface area (Å²) in [6.45, 7) is 10.7. The fraction of sp³-hybridized carbons (Fsp3) is 0.283. The average molecular weight is 973 g/mol. The first-order chi connectivity index (χ1) is 32.6. The number of non-ortho nitro benzene ring substituents is 1. The van der Waals surface area contributed by atoms with Crippen LogP contribution in [0.2, 0.25) is 5.04 Å². The topological polar surface area (TPSA) is 157 Å². The number of para-hydroxylation sites is 1. The van der Waals surface area contributed by atoms with E-state index < -0.39 is 58.3 Å². The predicted octanol–water partition coefficient (Wildman–Crippen LogP) is 9.86. The van der Waals surface area contributed by atoms with Crippen LogP contribution in [-0.2, 0) is 24.0 Å². The van der Waals surface area contributed by atoms with Gasteiger partial charge in [0.2, 0.25) is 15.9 Å². The minimum atomic E-state index is -4.28. The molecule has 0 radical (unpaired) electrons. The molecule has 0 fully saturated rings. The summed E-state index contributed by atoms with van der Waals surface area (Å²) < 4.78 is 44.1. The van der Waals surface area contributed by atoms with Gasteiger partial charge >= 0.3 is 6.09 Å². The third-order valence-electron chi connectivity index (χ3n) is 11.9. The van der Waals surface area contributed by atoms with Crippen molar-refractivity contribution in [1.82, 2.24) is 9.62 Å². The number of ether oxygens (including phenoxy) is 1. The zero-order chi connectivity index (χ0) is 48.9. The van der Waals surface area contributed by atoms with E-state index in [9.17, 15) is 19.7 Å². The molecule has 0 saturated heterocycles. The molecule has 15 heteroatoms. The summed E-state index contributed by atoms with van der Waals surface area (Å²) in [5.41, 5.74) is 1.84. The summed E-state index contributed by atoms with van der Waals surface area (Å²) in [4.78, 5) is 39.3. The van der Waals surface area contributed by atoms with Crippen LogP contribution < -0.4 is 21.0 Å². The highest BCUT2D eigenvalue weighted by molar-refractivity contribution is 7.99. The molecule has 0 bridgehead atoms. The highest BCUT2D eigenvalue weighted by atomic mass is 32.2. The molecule has 0 aliphatic carbocycles. The number of rotatable bonds is 21. The molecule has 0 heterocycles. The highest BCUT2D eigenvalue weighted by Gasteiger charge is 2.51. The van der Waals surface area contributed by atoms with E-state index in [-0.39, 0.29) is 35.4 Å². The Hall–Kier alpha value is -6.10. The van der Waals surface area contributed by atoms with Crippen molar-refractivity contribution in [2.45, 2.75) is 73.9 Å². The lowest BCUT2D eigenvalue weighted by molar-refractivity contribution is -0.384. The lowest BCUT2D eigenvalue weighted by Crippen LogP contribution is -2.67. The molecule has 0 unspecified atom stereocenters. The summed E-state index contributed by atoms with van der Waals surface area (Å²) in [6.07, 6.45) is -0.248. The molecule has 356 valence electrons. The van der Waals surface area contributed by atoms with E-state index in [1.54, 1.807) is 12.1 Å². The van der Waals surface area contributed by atoms with Crippen LogP contribution in [0.25, 0.3) is 0 Å². The Bertz CT molecular complexity index is 2610. The Morgan fingerprint density at radius 1 is 0.750 bits per heavy atom. The van der Waals surface area contributed by atoms with Crippen LogP contribution >= 0.6 is 11.8 Å². The number of amides is 2. The molecule has 6 aromatic carbocycles. The molecule has 12 nitrogen and oxygen atoms in total. The van der Waals surface area contributed by atoms with Gasteiger partial charge in [-0.1, -0.05) is 168 Å². The lowest BCUT2D eigenvalue weighted by Gasteiger charge is -2.44. The number of carbonyl (C=O) groups excluding carboxylic acids is 2. The van der Waals surface area contributed by atoms with Crippen LogP contribution in [0.5, 0.6) is 0 Å². The van der Waals surface area contributed by atoms with Gasteiger partial charge in [-0.2, -0.15) is 4.31 Å². The second-order valence-electron chi connectivity index (χ2n) is 17.9. The number of nitro benzene ring substituents is 1. The van der Waals surface area contributed by atoms with Gasteiger partial charge in [-0.25, -0.2) is 13.2 Å². The molecule has 0 aliphatic rings. The zero-order valence-corrected chi connectivity index (χ0v) is 41.9. The van der Waals surface area contributed by atoms with Crippen LogP contribution in [-0.4, -0.2) is 76.1 Å². The standard InChI is InChI=1S/C53H60N4O8S2Si/c1-39(2)35-36-56(67(62,63)44-33-31-42(32-34-44)57(60)61)43(37-65-68(53(3,4)5,45-25-15-9-16-26-45)46-27-17-10-18-28-46)38-66-48-30-20-19-29-47(48)54-51(58)50(55-52(59)64-6)49(40-21-11-7-12-22-40)41-23-13-8-14-24-41/h7-34,39,43,49-50H,35-38H2,1-6H3,(H,54,58)(H,55,59)/t43-,50+/m1/s1. The summed E-state index contributed by atoms with van der Waals surface area (Å²) in [7, 11) is -6.24. The molecule has 2 amide bonds. The van der Waals surface area contributed by atoms with Gasteiger partial charge in [0.1, 0.15) is 6.04 Å². The van der Waals surface area contributed by atoms with Crippen molar-refractivity contribution >= 4 is 63.9 Å². The van der Waals surface area contributed by atoms with Gasteiger partial charge in [-0.15, -0.1) is 11.8 Å². The molecule has 0 aliphatic heterocycles. The van der Waals surface area contributed by atoms with Crippen molar-refractivity contribution in [3.63, 3.8) is 0 Å². The molecule has 2 atom stereocenters. The smallest absolute Gasteiger partial charge is 0.407 e. The quantitative estimate of drug-likeness (QED) is 0.0310. The molecular formula is C53H60N4O8S2Si. The number of nitrogens with one attached hydrogen (secondary N) is 2. The Balaban J connectivity index is 1.42. The van der Waals surface area contributed by atoms with E-state index in [2.05, 4.69) is 55.7 Å². The van der Waals surface area contributed by atoms with E-state index in [4.69, 9.17) is 9.16 Å². The minimum absolute atomic E-state index is 0.0000676. The highest BCUT2D eigenvalue weighted by Crippen LogP contribution is 2.38. The number of alkyl carbamates (subject to hydrolysis) is 1. The summed E-state index contributed by atoms with van der Waals surface area (Å²) >= 11 is 1.37. The van der Waals surface area contributed by atoms with Crippen LogP contribution in [0, 0.1) is 16.0 Å². The molecular weight excluding hydrogens is 913 g/mol. The van der Waals surface area contributed by atoms with Gasteiger partial charge < -0.3 is 19.8 Å². The zero-order valence-electron chi connectivity index (χ0n) is 39.3. The van der Waals surface area contributed by atoms with Crippen molar-refractivity contribution in [1.29, 1.82) is 0 Å². The lowest BCUT2D eigenvalue weighted by atomic mass is 9.84. The second kappa shape index (κ2) is 23.3. The fourth-order valence-electron chi connectivity index (χ4n) is 8.43. The maximum Gasteiger partial charge on any atom is 0.407 e. The van der Waals surface area contributed by atoms with Crippen molar-refractivity contribution in [3.05, 3.63) is 191 Å². The second-order valence-corrected chi connectivity index (χ2v) is 25.1. The van der Waals surface area contributed by atoms with E-state index in [0.717, 1.165) is 21.5 Å². The molecule has 0 saturated carbocycles. The summed E-state index contributed by atoms with van der Waals surface area (Å²) in [5.74, 6) is -0.769. The maximum absolute atomic E-state index is 15.0. The number of benzene rings is 6. The Kier molecular flexibility index (Phi) is 17.6. The summed E-state index contributed by atoms with van der Waals surface area (Å²) in [6, 6.07) is 49.5. The summed E-state index contributed by atoms with van der Waals surface area (Å²) in [5, 5.41) is 19.2. The van der Waals surface area contributed by atoms with Crippen molar-refractivity contribution in [2.24, 2.45) is 5.92 Å². The Morgan fingerprint density at radius 3 is 1.74 bits per heavy atom. The van der Waals surface area contributed by atoms with Gasteiger partial charge in [0.25, 0.3) is 14.0 Å².